The minimum absolute atomic E-state index is 0.00191. The molecule has 1 saturated carbocycles. The van der Waals surface area contributed by atoms with Gasteiger partial charge < -0.3 is 4.84 Å². The summed E-state index contributed by atoms with van der Waals surface area (Å²) >= 11 is 0. The molecule has 1 aromatic carbocycles. The van der Waals surface area contributed by atoms with E-state index in [4.69, 9.17) is 4.84 Å². The Balaban J connectivity index is 1.33. The zero-order valence-electron chi connectivity index (χ0n) is 16.3. The first kappa shape index (κ1) is 18.2. The second-order valence-electron chi connectivity index (χ2n) is 7.29. The zero-order chi connectivity index (χ0) is 20.3. The van der Waals surface area contributed by atoms with Crippen LogP contribution in [-0.4, -0.2) is 20.5 Å². The summed E-state index contributed by atoms with van der Waals surface area (Å²) < 4.78 is 1.69. The van der Waals surface area contributed by atoms with Crippen molar-refractivity contribution in [3.63, 3.8) is 0 Å². The molecule has 150 valence electrons. The van der Waals surface area contributed by atoms with E-state index < -0.39 is 0 Å². The van der Waals surface area contributed by atoms with Crippen LogP contribution in [0.2, 0.25) is 0 Å². The number of hydrogen-bond donors (Lipinski definition) is 2. The molecular formula is C23H21N5O2. The first-order valence-corrected chi connectivity index (χ1v) is 9.99. The van der Waals surface area contributed by atoms with Crippen LogP contribution in [0.25, 0.3) is 11.2 Å². The number of fused-ring (bicyclic) bond motifs is 1. The van der Waals surface area contributed by atoms with E-state index in [1.54, 1.807) is 4.52 Å². The molecule has 0 unspecified atom stereocenters. The number of para-hydroxylation sites is 1. The maximum atomic E-state index is 12.0. The zero-order valence-corrected chi connectivity index (χ0v) is 16.3. The van der Waals surface area contributed by atoms with Gasteiger partial charge >= 0.3 is 0 Å². The number of aromatic nitrogens is 3. The fraction of sp³-hybridized carbons (Fsp3) is 0.174. The standard InChI is InChI=1S/C23H21N5O2/c29-22(17-11-12-17)25-23-24-21-20(10-5-15-28(21)26-23)16-6-4-9-19(14-13-16)30-27-18-7-2-1-3-8-18/h1-3,5-10,13-15,17,27H,4,11-12H2,(H,25,26,29). The van der Waals surface area contributed by atoms with Crippen LogP contribution in [0.1, 0.15) is 24.8 Å². The lowest BCUT2D eigenvalue weighted by atomic mass is 10.1. The summed E-state index contributed by atoms with van der Waals surface area (Å²) in [5, 5.41) is 7.21. The van der Waals surface area contributed by atoms with Gasteiger partial charge in [0.25, 0.3) is 0 Å². The summed E-state index contributed by atoms with van der Waals surface area (Å²) in [6, 6.07) is 13.7. The molecule has 2 aromatic heterocycles. The fourth-order valence-electron chi connectivity index (χ4n) is 3.25. The number of benzene rings is 1. The predicted molar refractivity (Wildman–Crippen MR) is 115 cm³/mol. The Kier molecular flexibility index (Phi) is 4.77. The molecule has 2 aliphatic carbocycles. The molecule has 5 rings (SSSR count). The highest BCUT2D eigenvalue weighted by molar-refractivity contribution is 5.93. The molecule has 7 heteroatoms. The first-order valence-electron chi connectivity index (χ1n) is 9.99. The van der Waals surface area contributed by atoms with Gasteiger partial charge in [-0.05, 0) is 61.3 Å². The van der Waals surface area contributed by atoms with Gasteiger partial charge in [-0.3, -0.25) is 10.1 Å². The number of carbonyl (C=O) groups excluding carboxylic acids is 1. The number of rotatable bonds is 6. The maximum Gasteiger partial charge on any atom is 0.249 e. The molecule has 3 aromatic rings. The van der Waals surface area contributed by atoms with E-state index in [1.165, 1.54) is 0 Å². The van der Waals surface area contributed by atoms with Crippen molar-refractivity contribution in [3.05, 3.63) is 84.3 Å². The van der Waals surface area contributed by atoms with Crippen LogP contribution in [-0.2, 0) is 9.63 Å². The normalized spacial score (nSPS) is 15.9. The number of pyridine rings is 1. The highest BCUT2D eigenvalue weighted by atomic mass is 16.6. The number of nitrogens with zero attached hydrogens (tertiary/aromatic N) is 3. The Bertz CT molecular complexity index is 1170. The van der Waals surface area contributed by atoms with Crippen LogP contribution >= 0.6 is 0 Å². The van der Waals surface area contributed by atoms with Crippen molar-refractivity contribution in [1.82, 2.24) is 14.6 Å². The van der Waals surface area contributed by atoms with Gasteiger partial charge in [0.15, 0.2) is 11.4 Å². The third kappa shape index (κ3) is 3.96. The Morgan fingerprint density at radius 1 is 1.07 bits per heavy atom. The lowest BCUT2D eigenvalue weighted by Gasteiger charge is -2.08. The molecule has 0 radical (unpaired) electrons. The molecule has 0 atom stereocenters. The van der Waals surface area contributed by atoms with Crippen LogP contribution in [0, 0.1) is 5.92 Å². The van der Waals surface area contributed by atoms with Crippen molar-refractivity contribution in [2.45, 2.75) is 19.3 Å². The molecule has 0 spiro atoms. The van der Waals surface area contributed by atoms with Gasteiger partial charge in [-0.2, -0.15) is 4.98 Å². The molecule has 2 N–H and O–H groups in total. The summed E-state index contributed by atoms with van der Waals surface area (Å²) in [6.07, 6.45) is 12.5. The Hall–Kier alpha value is -3.87. The topological polar surface area (TPSA) is 80.5 Å². The molecule has 0 aliphatic heterocycles. The lowest BCUT2D eigenvalue weighted by Crippen LogP contribution is -2.14. The van der Waals surface area contributed by atoms with Crippen LogP contribution < -0.4 is 10.8 Å². The van der Waals surface area contributed by atoms with Crippen molar-refractivity contribution < 1.29 is 9.63 Å². The molecular weight excluding hydrogens is 378 g/mol. The molecule has 7 nitrogen and oxygen atoms in total. The summed E-state index contributed by atoms with van der Waals surface area (Å²) in [6.45, 7) is 0. The molecule has 0 bridgehead atoms. The van der Waals surface area contributed by atoms with Crippen molar-refractivity contribution in [1.29, 1.82) is 0 Å². The van der Waals surface area contributed by atoms with Gasteiger partial charge in [-0.15, -0.1) is 5.10 Å². The Morgan fingerprint density at radius 3 is 2.77 bits per heavy atom. The Morgan fingerprint density at radius 2 is 1.93 bits per heavy atom. The molecule has 2 heterocycles. The number of nitrogens with one attached hydrogen (secondary N) is 2. The molecule has 30 heavy (non-hydrogen) atoms. The summed E-state index contributed by atoms with van der Waals surface area (Å²) in [5.41, 5.74) is 6.50. The van der Waals surface area contributed by atoms with Crippen LogP contribution in [0.3, 0.4) is 0 Å². The quantitative estimate of drug-likeness (QED) is 0.603. The number of hydrogen-bond acceptors (Lipinski definition) is 5. The third-order valence-electron chi connectivity index (χ3n) is 5.00. The SMILES string of the molecule is O=C(Nc1nc2c(C3=CCC=C(ONc4ccccc4)C=C3)cccn2n1)C1CC1. The van der Waals surface area contributed by atoms with E-state index in [0.29, 0.717) is 18.0 Å². The van der Waals surface area contributed by atoms with E-state index in [1.807, 2.05) is 66.9 Å². The van der Waals surface area contributed by atoms with Gasteiger partial charge in [-0.1, -0.05) is 30.4 Å². The van der Waals surface area contributed by atoms with Gasteiger partial charge in [0.1, 0.15) is 0 Å². The number of carbonyl (C=O) groups is 1. The second-order valence-corrected chi connectivity index (χ2v) is 7.29. The monoisotopic (exact) mass is 399 g/mol. The first-order chi connectivity index (χ1) is 14.8. The highest BCUT2D eigenvalue weighted by Crippen LogP contribution is 2.30. The third-order valence-corrected chi connectivity index (χ3v) is 5.00. The van der Waals surface area contributed by atoms with E-state index in [9.17, 15) is 4.79 Å². The van der Waals surface area contributed by atoms with E-state index in [0.717, 1.165) is 35.4 Å². The van der Waals surface area contributed by atoms with Gasteiger partial charge in [0.05, 0.1) is 5.69 Å². The van der Waals surface area contributed by atoms with Gasteiger partial charge in [0, 0.05) is 17.7 Å². The Labute approximate surface area is 173 Å². The van der Waals surface area contributed by atoms with E-state index >= 15 is 0 Å². The average molecular weight is 399 g/mol. The largest absolute Gasteiger partial charge is 0.383 e. The molecule has 0 saturated heterocycles. The summed E-state index contributed by atoms with van der Waals surface area (Å²) in [7, 11) is 0. The van der Waals surface area contributed by atoms with Crippen molar-refractivity contribution in [2.75, 3.05) is 10.8 Å². The van der Waals surface area contributed by atoms with E-state index in [-0.39, 0.29) is 11.8 Å². The van der Waals surface area contributed by atoms with Gasteiger partial charge in [-0.25, -0.2) is 10.00 Å². The molecule has 1 fully saturated rings. The minimum Gasteiger partial charge on any atom is -0.383 e. The van der Waals surface area contributed by atoms with Crippen LogP contribution in [0.5, 0.6) is 0 Å². The number of amides is 1. The van der Waals surface area contributed by atoms with E-state index in [2.05, 4.69) is 27.0 Å². The minimum atomic E-state index is -0.00191. The smallest absolute Gasteiger partial charge is 0.249 e. The van der Waals surface area contributed by atoms with Crippen LogP contribution in [0.4, 0.5) is 11.6 Å². The number of anilines is 2. The highest BCUT2D eigenvalue weighted by Gasteiger charge is 2.30. The van der Waals surface area contributed by atoms with Gasteiger partial charge in [0.2, 0.25) is 11.9 Å². The second kappa shape index (κ2) is 7.87. The molecule has 2 aliphatic rings. The lowest BCUT2D eigenvalue weighted by molar-refractivity contribution is -0.117. The number of allylic oxidation sites excluding steroid dienone is 5. The summed E-state index contributed by atoms with van der Waals surface area (Å²) in [5.74, 6) is 1.18. The average Bonchev–Trinajstić information content (AvgIpc) is 3.57. The maximum absolute atomic E-state index is 12.0. The molecule has 1 amide bonds. The van der Waals surface area contributed by atoms with Crippen molar-refractivity contribution >= 4 is 28.8 Å². The van der Waals surface area contributed by atoms with Crippen molar-refractivity contribution in [3.8, 4) is 0 Å². The van der Waals surface area contributed by atoms with Crippen molar-refractivity contribution in [2.24, 2.45) is 5.92 Å². The predicted octanol–water partition coefficient (Wildman–Crippen LogP) is 4.35. The fourth-order valence-corrected chi connectivity index (χ4v) is 3.25. The van der Waals surface area contributed by atoms with Crippen LogP contribution in [0.15, 0.2) is 78.7 Å². The summed E-state index contributed by atoms with van der Waals surface area (Å²) in [4.78, 5) is 22.3.